The lowest BCUT2D eigenvalue weighted by atomic mass is 10.1. The van der Waals surface area contributed by atoms with Gasteiger partial charge >= 0.3 is 0 Å². The molecule has 1 aliphatic rings. The van der Waals surface area contributed by atoms with Gasteiger partial charge in [0.15, 0.2) is 5.65 Å². The molecule has 0 atom stereocenters. The number of aromatic nitrogens is 3. The van der Waals surface area contributed by atoms with Gasteiger partial charge in [0.1, 0.15) is 0 Å². The Hall–Kier alpha value is -1.87. The van der Waals surface area contributed by atoms with Crippen molar-refractivity contribution in [2.45, 2.75) is 18.8 Å². The van der Waals surface area contributed by atoms with Gasteiger partial charge in [-0.1, -0.05) is 23.7 Å². The summed E-state index contributed by atoms with van der Waals surface area (Å²) in [5.74, 6) is 0.649. The topological polar surface area (TPSA) is 30.2 Å². The van der Waals surface area contributed by atoms with Gasteiger partial charge in [0.2, 0.25) is 0 Å². The molecule has 4 heteroatoms. The molecular weight excluding hydrogens is 258 g/mol. The summed E-state index contributed by atoms with van der Waals surface area (Å²) in [5, 5.41) is 5.28. The number of rotatable bonds is 2. The largest absolute Gasteiger partial charge is 0.229 e. The standard InChI is InChI=1S/C15H12ClN3/c16-12-3-1-2-11(8-12)13-6-7-19-15(17-13)9-14(18-19)10-4-5-10/h1-3,6-10H,4-5H2. The van der Waals surface area contributed by atoms with Crippen LogP contribution in [0.1, 0.15) is 24.5 Å². The summed E-state index contributed by atoms with van der Waals surface area (Å²) in [5.41, 5.74) is 4.02. The predicted molar refractivity (Wildman–Crippen MR) is 75.4 cm³/mol. The van der Waals surface area contributed by atoms with Crippen molar-refractivity contribution in [3.05, 3.63) is 53.3 Å². The fourth-order valence-corrected chi connectivity index (χ4v) is 2.48. The zero-order valence-corrected chi connectivity index (χ0v) is 11.0. The maximum Gasteiger partial charge on any atom is 0.155 e. The molecule has 1 aliphatic carbocycles. The normalized spacial score (nSPS) is 15.0. The SMILES string of the molecule is Clc1cccc(-c2ccn3nc(C4CC4)cc3n2)c1. The Morgan fingerprint density at radius 3 is 2.84 bits per heavy atom. The highest BCUT2D eigenvalue weighted by atomic mass is 35.5. The van der Waals surface area contributed by atoms with Gasteiger partial charge in [-0.2, -0.15) is 5.10 Å². The third-order valence-corrected chi connectivity index (χ3v) is 3.69. The van der Waals surface area contributed by atoms with Crippen molar-refractivity contribution in [2.75, 3.05) is 0 Å². The van der Waals surface area contributed by atoms with E-state index in [-0.39, 0.29) is 0 Å². The Kier molecular flexibility index (Phi) is 2.35. The first-order valence-corrected chi connectivity index (χ1v) is 6.80. The third kappa shape index (κ3) is 2.00. The first-order chi connectivity index (χ1) is 9.29. The molecule has 94 valence electrons. The van der Waals surface area contributed by atoms with Crippen molar-refractivity contribution in [3.63, 3.8) is 0 Å². The molecule has 2 heterocycles. The van der Waals surface area contributed by atoms with E-state index in [1.807, 2.05) is 41.0 Å². The molecule has 1 fully saturated rings. The molecule has 0 unspecified atom stereocenters. The minimum atomic E-state index is 0.649. The highest BCUT2D eigenvalue weighted by Gasteiger charge is 2.26. The molecule has 0 aliphatic heterocycles. The monoisotopic (exact) mass is 269 g/mol. The number of hydrogen-bond acceptors (Lipinski definition) is 2. The van der Waals surface area contributed by atoms with E-state index in [1.54, 1.807) is 0 Å². The molecule has 2 aromatic heterocycles. The number of halogens is 1. The average molecular weight is 270 g/mol. The van der Waals surface area contributed by atoms with Crippen molar-refractivity contribution < 1.29 is 0 Å². The maximum atomic E-state index is 6.02. The zero-order chi connectivity index (χ0) is 12.8. The fraction of sp³-hybridized carbons (Fsp3) is 0.200. The summed E-state index contributed by atoms with van der Waals surface area (Å²) in [6.45, 7) is 0. The minimum Gasteiger partial charge on any atom is -0.229 e. The summed E-state index contributed by atoms with van der Waals surface area (Å²) >= 11 is 6.02. The van der Waals surface area contributed by atoms with Crippen LogP contribution in [0.5, 0.6) is 0 Å². The third-order valence-electron chi connectivity index (χ3n) is 3.46. The number of fused-ring (bicyclic) bond motifs is 1. The van der Waals surface area contributed by atoms with E-state index in [9.17, 15) is 0 Å². The number of hydrogen-bond donors (Lipinski definition) is 0. The molecule has 0 radical (unpaired) electrons. The Bertz CT molecular complexity index is 759. The van der Waals surface area contributed by atoms with Crippen molar-refractivity contribution in [2.24, 2.45) is 0 Å². The molecule has 0 spiro atoms. The quantitative estimate of drug-likeness (QED) is 0.706. The first kappa shape index (κ1) is 11.0. The average Bonchev–Trinajstić information content (AvgIpc) is 3.18. The van der Waals surface area contributed by atoms with Gasteiger partial charge in [-0.15, -0.1) is 0 Å². The molecule has 3 nitrogen and oxygen atoms in total. The second-order valence-corrected chi connectivity index (χ2v) is 5.41. The molecule has 0 bridgehead atoms. The van der Waals surface area contributed by atoms with Gasteiger partial charge < -0.3 is 0 Å². The van der Waals surface area contributed by atoms with E-state index in [4.69, 9.17) is 11.6 Å². The molecule has 0 amide bonds. The lowest BCUT2D eigenvalue weighted by Gasteiger charge is -2.01. The van der Waals surface area contributed by atoms with E-state index in [1.165, 1.54) is 12.8 Å². The summed E-state index contributed by atoms with van der Waals surface area (Å²) in [6.07, 6.45) is 4.47. The van der Waals surface area contributed by atoms with Crippen LogP contribution in [-0.4, -0.2) is 14.6 Å². The highest BCUT2D eigenvalue weighted by molar-refractivity contribution is 6.30. The van der Waals surface area contributed by atoms with Gasteiger partial charge in [0.05, 0.1) is 11.4 Å². The summed E-state index contributed by atoms with van der Waals surface area (Å²) in [4.78, 5) is 4.66. The van der Waals surface area contributed by atoms with Crippen LogP contribution in [0.4, 0.5) is 0 Å². The van der Waals surface area contributed by atoms with Crippen molar-refractivity contribution in [1.82, 2.24) is 14.6 Å². The van der Waals surface area contributed by atoms with E-state index in [2.05, 4.69) is 16.1 Å². The zero-order valence-electron chi connectivity index (χ0n) is 10.3. The van der Waals surface area contributed by atoms with Crippen LogP contribution in [0.15, 0.2) is 42.6 Å². The van der Waals surface area contributed by atoms with E-state index in [0.29, 0.717) is 5.92 Å². The molecule has 4 rings (SSSR count). The smallest absolute Gasteiger partial charge is 0.155 e. The van der Waals surface area contributed by atoms with Crippen LogP contribution in [0.25, 0.3) is 16.9 Å². The van der Waals surface area contributed by atoms with E-state index >= 15 is 0 Å². The van der Waals surface area contributed by atoms with Gasteiger partial charge in [-0.05, 0) is 31.0 Å². The molecule has 1 aromatic carbocycles. The molecule has 19 heavy (non-hydrogen) atoms. The van der Waals surface area contributed by atoms with Crippen LogP contribution >= 0.6 is 11.6 Å². The molecule has 0 N–H and O–H groups in total. The van der Waals surface area contributed by atoms with Crippen LogP contribution in [0.2, 0.25) is 5.02 Å². The van der Waals surface area contributed by atoms with Gasteiger partial charge in [-0.3, -0.25) is 0 Å². The van der Waals surface area contributed by atoms with Crippen LogP contribution in [-0.2, 0) is 0 Å². The van der Waals surface area contributed by atoms with Crippen LogP contribution in [0.3, 0.4) is 0 Å². The minimum absolute atomic E-state index is 0.649. The fourth-order valence-electron chi connectivity index (χ4n) is 2.29. The molecule has 0 saturated heterocycles. The van der Waals surface area contributed by atoms with Crippen molar-refractivity contribution in [1.29, 1.82) is 0 Å². The maximum absolute atomic E-state index is 6.02. The van der Waals surface area contributed by atoms with Crippen molar-refractivity contribution >= 4 is 17.2 Å². The van der Waals surface area contributed by atoms with E-state index in [0.717, 1.165) is 27.6 Å². The number of benzene rings is 1. The van der Waals surface area contributed by atoms with Crippen molar-refractivity contribution in [3.8, 4) is 11.3 Å². The highest BCUT2D eigenvalue weighted by Crippen LogP contribution is 2.39. The predicted octanol–water partition coefficient (Wildman–Crippen LogP) is 3.93. The summed E-state index contributed by atoms with van der Waals surface area (Å²) in [7, 11) is 0. The van der Waals surface area contributed by atoms with Gasteiger partial charge in [0, 0.05) is 28.8 Å². The van der Waals surface area contributed by atoms with E-state index < -0.39 is 0 Å². The summed E-state index contributed by atoms with van der Waals surface area (Å²) < 4.78 is 1.85. The lowest BCUT2D eigenvalue weighted by Crippen LogP contribution is -1.92. The second kappa shape index (κ2) is 4.07. The molecule has 3 aromatic rings. The van der Waals surface area contributed by atoms with Crippen LogP contribution < -0.4 is 0 Å². The van der Waals surface area contributed by atoms with Crippen LogP contribution in [0, 0.1) is 0 Å². The van der Waals surface area contributed by atoms with Gasteiger partial charge in [0.25, 0.3) is 0 Å². The lowest BCUT2D eigenvalue weighted by molar-refractivity contribution is 0.882. The Morgan fingerprint density at radius 2 is 2.05 bits per heavy atom. The Balaban J connectivity index is 1.82. The van der Waals surface area contributed by atoms with Gasteiger partial charge in [-0.25, -0.2) is 9.50 Å². The first-order valence-electron chi connectivity index (χ1n) is 6.42. The number of nitrogens with zero attached hydrogens (tertiary/aromatic N) is 3. The summed E-state index contributed by atoms with van der Waals surface area (Å²) in [6, 6.07) is 11.8. The Labute approximate surface area is 115 Å². The Morgan fingerprint density at radius 1 is 1.16 bits per heavy atom. The molecule has 1 saturated carbocycles. The molecular formula is C15H12ClN3. The second-order valence-electron chi connectivity index (χ2n) is 4.97.